The average Bonchev–Trinajstić information content (AvgIpc) is 3.00. The highest BCUT2D eigenvalue weighted by atomic mass is 32.2. The first kappa shape index (κ1) is 17.2. The second kappa shape index (κ2) is 6.33. The molecule has 0 fully saturated rings. The maximum Gasteiger partial charge on any atom is 0.271 e. The van der Waals surface area contributed by atoms with Crippen molar-refractivity contribution in [2.75, 3.05) is 6.26 Å². The lowest BCUT2D eigenvalue weighted by molar-refractivity contribution is 0.0935. The number of aryl methyl sites for hydroxylation is 1. The molecule has 0 saturated heterocycles. The van der Waals surface area contributed by atoms with Crippen LogP contribution in [0.4, 0.5) is 0 Å². The number of sulfone groups is 1. The van der Waals surface area contributed by atoms with Gasteiger partial charge in [-0.05, 0) is 43.7 Å². The minimum absolute atomic E-state index is 0.255. The van der Waals surface area contributed by atoms with Crippen LogP contribution < -0.4 is 5.32 Å². The molecule has 2 heterocycles. The Morgan fingerprint density at radius 2 is 1.84 bits per heavy atom. The third-order valence-corrected chi connectivity index (χ3v) is 5.21. The Kier molecular flexibility index (Phi) is 4.34. The van der Waals surface area contributed by atoms with E-state index in [2.05, 4.69) is 10.3 Å². The molecule has 0 spiro atoms. The molecule has 1 atom stereocenters. The first-order valence-electron chi connectivity index (χ1n) is 7.81. The van der Waals surface area contributed by atoms with Crippen LogP contribution in [0.5, 0.6) is 0 Å². The zero-order chi connectivity index (χ0) is 18.2. The highest BCUT2D eigenvalue weighted by Gasteiger charge is 2.16. The zero-order valence-electron chi connectivity index (χ0n) is 14.2. The summed E-state index contributed by atoms with van der Waals surface area (Å²) in [6.07, 6.45) is 2.87. The molecule has 1 N–H and O–H groups in total. The van der Waals surface area contributed by atoms with Crippen LogP contribution in [0.15, 0.2) is 53.6 Å². The van der Waals surface area contributed by atoms with Gasteiger partial charge in [0.25, 0.3) is 5.91 Å². The number of rotatable bonds is 4. The van der Waals surface area contributed by atoms with Gasteiger partial charge in [0.1, 0.15) is 11.3 Å². The topological polar surface area (TPSA) is 80.5 Å². The van der Waals surface area contributed by atoms with Crippen molar-refractivity contribution < 1.29 is 13.2 Å². The summed E-state index contributed by atoms with van der Waals surface area (Å²) < 4.78 is 24.9. The monoisotopic (exact) mass is 357 g/mol. The van der Waals surface area contributed by atoms with Crippen molar-refractivity contribution in [2.24, 2.45) is 0 Å². The lowest BCUT2D eigenvalue weighted by atomic mass is 10.1. The van der Waals surface area contributed by atoms with E-state index in [0.717, 1.165) is 16.9 Å². The van der Waals surface area contributed by atoms with Gasteiger partial charge in [-0.2, -0.15) is 0 Å². The second-order valence-electron chi connectivity index (χ2n) is 6.06. The molecule has 2 aromatic heterocycles. The van der Waals surface area contributed by atoms with E-state index in [1.807, 2.05) is 36.4 Å². The maximum absolute atomic E-state index is 12.5. The van der Waals surface area contributed by atoms with Crippen LogP contribution in [0.1, 0.15) is 34.7 Å². The Bertz CT molecular complexity index is 1040. The van der Waals surface area contributed by atoms with Gasteiger partial charge in [0.2, 0.25) is 0 Å². The molecule has 3 rings (SSSR count). The van der Waals surface area contributed by atoms with Gasteiger partial charge < -0.3 is 9.72 Å². The number of carbonyl (C=O) groups excluding carboxylic acids is 1. The number of nitrogens with one attached hydrogen (secondary N) is 1. The number of nitrogens with zero attached hydrogens (tertiary/aromatic N) is 2. The van der Waals surface area contributed by atoms with Crippen LogP contribution in [0, 0.1) is 6.92 Å². The summed E-state index contributed by atoms with van der Waals surface area (Å²) in [4.78, 5) is 17.0. The number of fused-ring (bicyclic) bond motifs is 1. The molecule has 0 aliphatic rings. The predicted octanol–water partition coefficient (Wildman–Crippen LogP) is 2.54. The number of amides is 1. The quantitative estimate of drug-likeness (QED) is 0.778. The second-order valence-corrected chi connectivity index (χ2v) is 8.07. The number of carbonyl (C=O) groups is 1. The van der Waals surface area contributed by atoms with Crippen LogP contribution in [-0.4, -0.2) is 30.0 Å². The molecule has 25 heavy (non-hydrogen) atoms. The lowest BCUT2D eigenvalue weighted by Crippen LogP contribution is -2.26. The summed E-state index contributed by atoms with van der Waals surface area (Å²) in [6, 6.07) is 11.9. The molecular weight excluding hydrogens is 338 g/mol. The van der Waals surface area contributed by atoms with Crippen LogP contribution in [0.3, 0.4) is 0 Å². The van der Waals surface area contributed by atoms with Crippen LogP contribution in [-0.2, 0) is 9.84 Å². The van der Waals surface area contributed by atoms with E-state index in [1.165, 1.54) is 6.26 Å². The fourth-order valence-electron chi connectivity index (χ4n) is 2.62. The summed E-state index contributed by atoms with van der Waals surface area (Å²) in [5, 5.41) is 2.89. The largest absolute Gasteiger partial charge is 0.344 e. The van der Waals surface area contributed by atoms with Gasteiger partial charge in [0.15, 0.2) is 9.84 Å². The van der Waals surface area contributed by atoms with Crippen molar-refractivity contribution in [3.8, 4) is 0 Å². The normalized spacial score (nSPS) is 12.9. The minimum Gasteiger partial charge on any atom is -0.344 e. The number of aromatic nitrogens is 2. The first-order valence-corrected chi connectivity index (χ1v) is 9.70. The van der Waals surface area contributed by atoms with E-state index >= 15 is 0 Å². The summed E-state index contributed by atoms with van der Waals surface area (Å²) in [5.74, 6) is -0.275. The highest BCUT2D eigenvalue weighted by Crippen LogP contribution is 2.17. The Morgan fingerprint density at radius 3 is 2.44 bits per heavy atom. The van der Waals surface area contributed by atoms with E-state index in [1.54, 1.807) is 30.5 Å². The van der Waals surface area contributed by atoms with Crippen LogP contribution in [0.2, 0.25) is 0 Å². The standard InChI is InChI=1S/C18H19N3O3S/c1-12-5-4-6-17-20-16(11-21(12)17)18(22)19-13(2)14-7-9-15(10-8-14)25(3,23)24/h4-11,13H,1-3H3,(H,19,22). The first-order chi connectivity index (χ1) is 11.8. The smallest absolute Gasteiger partial charge is 0.271 e. The van der Waals surface area contributed by atoms with E-state index in [0.29, 0.717) is 5.69 Å². The zero-order valence-corrected chi connectivity index (χ0v) is 15.0. The average molecular weight is 357 g/mol. The molecule has 0 bridgehead atoms. The molecule has 0 aliphatic heterocycles. The molecule has 0 saturated carbocycles. The van der Waals surface area contributed by atoms with Crippen molar-refractivity contribution in [1.82, 2.24) is 14.7 Å². The lowest BCUT2D eigenvalue weighted by Gasteiger charge is -2.13. The fraction of sp³-hybridized carbons (Fsp3) is 0.222. The number of imidazole rings is 1. The van der Waals surface area contributed by atoms with Gasteiger partial charge in [-0.15, -0.1) is 0 Å². The summed E-state index contributed by atoms with van der Waals surface area (Å²) in [6.45, 7) is 3.79. The predicted molar refractivity (Wildman–Crippen MR) is 95.4 cm³/mol. The van der Waals surface area contributed by atoms with Crippen molar-refractivity contribution in [3.63, 3.8) is 0 Å². The number of benzene rings is 1. The third-order valence-electron chi connectivity index (χ3n) is 4.08. The van der Waals surface area contributed by atoms with Gasteiger partial charge in [-0.3, -0.25) is 4.79 Å². The van der Waals surface area contributed by atoms with Crippen molar-refractivity contribution in [1.29, 1.82) is 0 Å². The highest BCUT2D eigenvalue weighted by molar-refractivity contribution is 7.90. The van der Waals surface area contributed by atoms with Crippen molar-refractivity contribution in [3.05, 3.63) is 65.6 Å². The third kappa shape index (κ3) is 3.56. The molecule has 130 valence electrons. The maximum atomic E-state index is 12.5. The molecule has 0 radical (unpaired) electrons. The molecule has 1 aromatic carbocycles. The van der Waals surface area contributed by atoms with Crippen molar-refractivity contribution in [2.45, 2.75) is 24.8 Å². The van der Waals surface area contributed by atoms with Gasteiger partial charge in [-0.1, -0.05) is 18.2 Å². The number of hydrogen-bond acceptors (Lipinski definition) is 4. The Balaban J connectivity index is 1.78. The molecule has 7 heteroatoms. The summed E-state index contributed by atoms with van der Waals surface area (Å²) >= 11 is 0. The minimum atomic E-state index is -3.23. The van der Waals surface area contributed by atoms with E-state index in [4.69, 9.17) is 0 Å². The molecule has 1 unspecified atom stereocenters. The van der Waals surface area contributed by atoms with E-state index < -0.39 is 9.84 Å². The fourth-order valence-corrected chi connectivity index (χ4v) is 3.25. The van der Waals surface area contributed by atoms with Gasteiger partial charge in [-0.25, -0.2) is 13.4 Å². The summed E-state index contributed by atoms with van der Waals surface area (Å²) in [5.41, 5.74) is 2.87. The Morgan fingerprint density at radius 1 is 1.16 bits per heavy atom. The molecule has 6 nitrogen and oxygen atoms in total. The van der Waals surface area contributed by atoms with Gasteiger partial charge >= 0.3 is 0 Å². The Hall–Kier alpha value is -2.67. The van der Waals surface area contributed by atoms with Gasteiger partial charge in [0.05, 0.1) is 10.9 Å². The molecule has 0 aliphatic carbocycles. The van der Waals surface area contributed by atoms with Gasteiger partial charge in [0, 0.05) is 18.1 Å². The van der Waals surface area contributed by atoms with E-state index in [9.17, 15) is 13.2 Å². The van der Waals surface area contributed by atoms with E-state index in [-0.39, 0.29) is 16.8 Å². The van der Waals surface area contributed by atoms with Crippen LogP contribution in [0.25, 0.3) is 5.65 Å². The van der Waals surface area contributed by atoms with Crippen LogP contribution >= 0.6 is 0 Å². The molecular formula is C18H19N3O3S. The SMILES string of the molecule is Cc1cccc2nc(C(=O)NC(C)c3ccc(S(C)(=O)=O)cc3)cn12. The summed E-state index contributed by atoms with van der Waals surface area (Å²) in [7, 11) is -3.23. The Labute approximate surface area is 146 Å². The molecule has 1 amide bonds. The van der Waals surface area contributed by atoms with Crippen molar-refractivity contribution >= 4 is 21.4 Å². The number of pyridine rings is 1. The number of hydrogen-bond donors (Lipinski definition) is 1. The molecule has 3 aromatic rings.